The Labute approximate surface area is 341 Å². The van der Waals surface area contributed by atoms with E-state index in [9.17, 15) is 0 Å². The van der Waals surface area contributed by atoms with Gasteiger partial charge in [0.25, 0.3) is 0 Å². The fourth-order valence-electron chi connectivity index (χ4n) is 8.86. The van der Waals surface area contributed by atoms with Crippen molar-refractivity contribution in [1.29, 1.82) is 0 Å². The number of para-hydroxylation sites is 5. The lowest BCUT2D eigenvalue weighted by atomic mass is 9.96. The van der Waals surface area contributed by atoms with Gasteiger partial charge in [0, 0.05) is 61.5 Å². The van der Waals surface area contributed by atoms with Gasteiger partial charge in [0.05, 0.1) is 27.8 Å². The Morgan fingerprint density at radius 2 is 1.19 bits per heavy atom. The molecule has 0 amide bonds. The van der Waals surface area contributed by atoms with E-state index in [1.807, 2.05) is 12.1 Å². The van der Waals surface area contributed by atoms with Crippen LogP contribution in [-0.4, -0.2) is 9.13 Å². The lowest BCUT2D eigenvalue weighted by molar-refractivity contribution is 0.575. The first-order valence-corrected chi connectivity index (χ1v) is 20.1. The maximum atomic E-state index is 6.45. The molecule has 1 aliphatic rings. The summed E-state index contributed by atoms with van der Waals surface area (Å²) in [5.74, 6) is 0. The van der Waals surface area contributed by atoms with Crippen molar-refractivity contribution in [2.24, 2.45) is 0 Å². The SMILES string of the molecule is C=C1/C=c2\c(n(-c3ccccc3)c3ccccc23)=C/N(c2ccccc2)c2cc(-c3ccc4c(c3)cc(/C=c3/oc5ccccc5/c3=C/C)n4-c3ccccc3)ccc21. The number of benzene rings is 7. The molecular formula is C55H39N3O. The molecule has 0 bridgehead atoms. The Kier molecular flexibility index (Phi) is 8.16. The monoisotopic (exact) mass is 757 g/mol. The highest BCUT2D eigenvalue weighted by Gasteiger charge is 2.20. The molecule has 0 aliphatic carbocycles. The molecule has 0 fully saturated rings. The van der Waals surface area contributed by atoms with Crippen molar-refractivity contribution in [2.45, 2.75) is 6.92 Å². The van der Waals surface area contributed by atoms with Crippen LogP contribution < -0.4 is 26.1 Å². The van der Waals surface area contributed by atoms with Gasteiger partial charge in [0.2, 0.25) is 0 Å². The third kappa shape index (κ3) is 5.76. The molecule has 0 unspecified atom stereocenters. The molecule has 280 valence electrons. The third-order valence-electron chi connectivity index (χ3n) is 11.6. The summed E-state index contributed by atoms with van der Waals surface area (Å²) >= 11 is 0. The summed E-state index contributed by atoms with van der Waals surface area (Å²) < 4.78 is 11.1. The number of rotatable bonds is 5. The smallest absolute Gasteiger partial charge is 0.137 e. The van der Waals surface area contributed by atoms with Crippen molar-refractivity contribution < 1.29 is 4.42 Å². The van der Waals surface area contributed by atoms with Crippen molar-refractivity contribution in [1.82, 2.24) is 9.13 Å². The Morgan fingerprint density at radius 3 is 1.93 bits per heavy atom. The number of hydrogen-bond acceptors (Lipinski definition) is 2. The quantitative estimate of drug-likeness (QED) is 0.175. The Hall–Kier alpha value is -7.82. The molecule has 3 aromatic heterocycles. The molecule has 0 atom stereocenters. The number of anilines is 2. The highest BCUT2D eigenvalue weighted by Crippen LogP contribution is 2.39. The summed E-state index contributed by atoms with van der Waals surface area (Å²) in [6.07, 6.45) is 8.87. The number of allylic oxidation sites excluding steroid dienone is 1. The molecule has 0 N–H and O–H groups in total. The molecule has 7 aromatic carbocycles. The highest BCUT2D eigenvalue weighted by molar-refractivity contribution is 6.00. The van der Waals surface area contributed by atoms with Gasteiger partial charge in [-0.2, -0.15) is 0 Å². The molecule has 0 radical (unpaired) electrons. The molecule has 4 heteroatoms. The second kappa shape index (κ2) is 14.0. The van der Waals surface area contributed by atoms with Crippen molar-refractivity contribution in [3.05, 3.63) is 221 Å². The van der Waals surface area contributed by atoms with E-state index < -0.39 is 0 Å². The number of aromatic nitrogens is 2. The fraction of sp³-hybridized carbons (Fsp3) is 0.0182. The minimum Gasteiger partial charge on any atom is -0.456 e. The number of fused-ring (bicyclic) bond motifs is 6. The average Bonchev–Trinajstić information content (AvgIpc) is 3.93. The zero-order chi connectivity index (χ0) is 39.5. The van der Waals surface area contributed by atoms with Crippen LogP contribution in [0.1, 0.15) is 18.2 Å². The Balaban J connectivity index is 1.12. The summed E-state index contributed by atoms with van der Waals surface area (Å²) in [5, 5.41) is 6.79. The van der Waals surface area contributed by atoms with Crippen LogP contribution >= 0.6 is 0 Å². The normalized spacial score (nSPS) is 14.5. The summed E-state index contributed by atoms with van der Waals surface area (Å²) in [4.78, 5) is 2.33. The van der Waals surface area contributed by atoms with E-state index in [0.717, 1.165) is 99.3 Å². The van der Waals surface area contributed by atoms with Crippen LogP contribution in [0, 0.1) is 0 Å². The van der Waals surface area contributed by atoms with E-state index in [1.165, 1.54) is 5.39 Å². The Morgan fingerprint density at radius 1 is 0.559 bits per heavy atom. The topological polar surface area (TPSA) is 26.2 Å². The fourth-order valence-corrected chi connectivity index (χ4v) is 8.86. The van der Waals surface area contributed by atoms with E-state index in [2.05, 4.69) is 215 Å². The molecule has 59 heavy (non-hydrogen) atoms. The minimum atomic E-state index is 0.847. The maximum absolute atomic E-state index is 6.45. The van der Waals surface area contributed by atoms with Crippen LogP contribution in [0.15, 0.2) is 193 Å². The first-order valence-electron chi connectivity index (χ1n) is 20.1. The van der Waals surface area contributed by atoms with Gasteiger partial charge in [0.1, 0.15) is 11.0 Å². The van der Waals surface area contributed by atoms with Crippen molar-refractivity contribution in [3.8, 4) is 22.5 Å². The maximum Gasteiger partial charge on any atom is 0.137 e. The number of hydrogen-bond donors (Lipinski definition) is 0. The van der Waals surface area contributed by atoms with E-state index in [4.69, 9.17) is 11.0 Å². The van der Waals surface area contributed by atoms with E-state index in [0.29, 0.717) is 0 Å². The van der Waals surface area contributed by atoms with Crippen LogP contribution in [-0.2, 0) is 0 Å². The van der Waals surface area contributed by atoms with Crippen molar-refractivity contribution in [3.63, 3.8) is 0 Å². The van der Waals surface area contributed by atoms with Gasteiger partial charge in [-0.1, -0.05) is 122 Å². The molecule has 4 nitrogen and oxygen atoms in total. The van der Waals surface area contributed by atoms with Gasteiger partial charge in [-0.15, -0.1) is 0 Å². The molecule has 11 rings (SSSR count). The van der Waals surface area contributed by atoms with E-state index in [-0.39, 0.29) is 0 Å². The molecule has 0 spiro atoms. The van der Waals surface area contributed by atoms with Crippen LogP contribution in [0.25, 0.3) is 85.3 Å². The van der Waals surface area contributed by atoms with Crippen LogP contribution in [0.4, 0.5) is 11.4 Å². The standard InChI is InChI=1S/C55H39N3O/c1-3-45-48-24-14-16-26-54(48)59-55(45)35-44-33-40-32-38(28-30-50(40)57(44)42-19-9-5-10-20-42)39-27-29-46-37(2)31-49-47-23-13-15-25-51(47)58(43-21-11-6-12-22-43)53(49)36-56(52(46)34-39)41-17-7-4-8-18-41/h3-36H,2H2,1H3/b45-3-,49-31-,53-36+,55-35+. The zero-order valence-corrected chi connectivity index (χ0v) is 32.6. The minimum absolute atomic E-state index is 0.847. The Bertz CT molecular complexity index is 3520. The summed E-state index contributed by atoms with van der Waals surface area (Å²) in [6.45, 7) is 6.77. The predicted molar refractivity (Wildman–Crippen MR) is 247 cm³/mol. The van der Waals surface area contributed by atoms with E-state index in [1.54, 1.807) is 0 Å². The van der Waals surface area contributed by atoms with E-state index >= 15 is 0 Å². The van der Waals surface area contributed by atoms with Gasteiger partial charge in [-0.3, -0.25) is 0 Å². The second-order valence-corrected chi connectivity index (χ2v) is 15.0. The summed E-state index contributed by atoms with van der Waals surface area (Å²) in [6, 6.07) is 64.6. The van der Waals surface area contributed by atoms with Crippen LogP contribution in [0.5, 0.6) is 0 Å². The summed E-state index contributed by atoms with van der Waals surface area (Å²) in [5.41, 5.74) is 13.7. The first-order chi connectivity index (χ1) is 29.1. The average molecular weight is 758 g/mol. The van der Waals surface area contributed by atoms with Gasteiger partial charge in [-0.05, 0) is 102 Å². The lowest BCUT2D eigenvalue weighted by Gasteiger charge is -2.26. The molecular weight excluding hydrogens is 719 g/mol. The summed E-state index contributed by atoms with van der Waals surface area (Å²) in [7, 11) is 0. The van der Waals surface area contributed by atoms with Crippen molar-refractivity contribution in [2.75, 3.05) is 4.90 Å². The largest absolute Gasteiger partial charge is 0.456 e. The molecule has 1 aliphatic heterocycles. The molecule has 10 aromatic rings. The van der Waals surface area contributed by atoms with Crippen LogP contribution in [0.3, 0.4) is 0 Å². The first kappa shape index (κ1) is 34.4. The lowest BCUT2D eigenvalue weighted by Crippen LogP contribution is -2.33. The van der Waals surface area contributed by atoms with Gasteiger partial charge in [-0.25, -0.2) is 0 Å². The number of furan rings is 1. The highest BCUT2D eigenvalue weighted by atomic mass is 16.3. The third-order valence-corrected chi connectivity index (χ3v) is 11.6. The van der Waals surface area contributed by atoms with Gasteiger partial charge < -0.3 is 18.5 Å². The number of nitrogens with zero attached hydrogens (tertiary/aromatic N) is 3. The molecule has 0 saturated heterocycles. The van der Waals surface area contributed by atoms with Crippen molar-refractivity contribution >= 4 is 74.2 Å². The molecule has 0 saturated carbocycles. The van der Waals surface area contributed by atoms with Crippen LogP contribution in [0.2, 0.25) is 0 Å². The molecule has 4 heterocycles. The zero-order valence-electron chi connectivity index (χ0n) is 32.6. The second-order valence-electron chi connectivity index (χ2n) is 15.0. The van der Waals surface area contributed by atoms with Gasteiger partial charge >= 0.3 is 0 Å². The van der Waals surface area contributed by atoms with Gasteiger partial charge in [0.15, 0.2) is 0 Å². The predicted octanol–water partition coefficient (Wildman–Crippen LogP) is 11.0.